The SMILES string of the molecule is CC(NCCCNCCN1CCCCC1)C1CCCCN1. The predicted molar refractivity (Wildman–Crippen MR) is 90.9 cm³/mol. The standard InChI is InChI=1S/C17H36N4/c1-16(17-8-3-4-10-20-17)19-11-7-9-18-12-15-21-13-5-2-6-14-21/h16-20H,2-15H2,1H3. The Morgan fingerprint density at radius 1 is 1.05 bits per heavy atom. The molecule has 2 saturated heterocycles. The van der Waals surface area contributed by atoms with Crippen molar-refractivity contribution >= 4 is 0 Å². The van der Waals surface area contributed by atoms with Crippen molar-refractivity contribution in [2.45, 2.75) is 64.0 Å². The lowest BCUT2D eigenvalue weighted by Gasteiger charge is -2.29. The van der Waals surface area contributed by atoms with Gasteiger partial charge in [0.25, 0.3) is 0 Å². The Morgan fingerprint density at radius 3 is 2.67 bits per heavy atom. The van der Waals surface area contributed by atoms with Gasteiger partial charge in [-0.05, 0) is 71.8 Å². The van der Waals surface area contributed by atoms with Crippen molar-refractivity contribution in [2.24, 2.45) is 0 Å². The molecule has 2 fully saturated rings. The van der Waals surface area contributed by atoms with Gasteiger partial charge in [-0.3, -0.25) is 0 Å². The van der Waals surface area contributed by atoms with Crippen LogP contribution in [0.4, 0.5) is 0 Å². The van der Waals surface area contributed by atoms with Crippen LogP contribution in [0.15, 0.2) is 0 Å². The van der Waals surface area contributed by atoms with Gasteiger partial charge in [0.15, 0.2) is 0 Å². The van der Waals surface area contributed by atoms with Gasteiger partial charge in [-0.15, -0.1) is 0 Å². The van der Waals surface area contributed by atoms with E-state index in [2.05, 4.69) is 27.8 Å². The van der Waals surface area contributed by atoms with Crippen molar-refractivity contribution < 1.29 is 0 Å². The average Bonchev–Trinajstić information content (AvgIpc) is 2.55. The molecule has 2 atom stereocenters. The molecular weight excluding hydrogens is 260 g/mol. The molecule has 2 unspecified atom stereocenters. The van der Waals surface area contributed by atoms with Gasteiger partial charge in [-0.1, -0.05) is 12.8 Å². The van der Waals surface area contributed by atoms with Crippen LogP contribution in [0.3, 0.4) is 0 Å². The second-order valence-corrected chi connectivity index (χ2v) is 6.81. The molecule has 124 valence electrons. The molecule has 4 nitrogen and oxygen atoms in total. The Hall–Kier alpha value is -0.160. The van der Waals surface area contributed by atoms with Crippen LogP contribution in [0.2, 0.25) is 0 Å². The first kappa shape index (κ1) is 17.2. The Balaban J connectivity index is 1.39. The fourth-order valence-corrected chi connectivity index (χ4v) is 3.54. The van der Waals surface area contributed by atoms with Crippen molar-refractivity contribution in [3.8, 4) is 0 Å². The maximum atomic E-state index is 3.68. The molecule has 2 rings (SSSR count). The van der Waals surface area contributed by atoms with Gasteiger partial charge in [0.2, 0.25) is 0 Å². The minimum Gasteiger partial charge on any atom is -0.315 e. The topological polar surface area (TPSA) is 39.3 Å². The summed E-state index contributed by atoms with van der Waals surface area (Å²) in [7, 11) is 0. The number of hydrogen-bond acceptors (Lipinski definition) is 4. The van der Waals surface area contributed by atoms with E-state index in [-0.39, 0.29) is 0 Å². The average molecular weight is 297 g/mol. The molecule has 0 aliphatic carbocycles. The molecule has 0 aromatic rings. The van der Waals surface area contributed by atoms with Crippen molar-refractivity contribution in [3.05, 3.63) is 0 Å². The summed E-state index contributed by atoms with van der Waals surface area (Å²) in [4.78, 5) is 2.60. The molecule has 2 heterocycles. The molecule has 3 N–H and O–H groups in total. The molecule has 0 amide bonds. The molecule has 2 aliphatic heterocycles. The zero-order chi connectivity index (χ0) is 14.8. The Labute approximate surface area is 131 Å². The third-order valence-electron chi connectivity index (χ3n) is 5.00. The third kappa shape index (κ3) is 7.09. The highest BCUT2D eigenvalue weighted by Crippen LogP contribution is 2.10. The van der Waals surface area contributed by atoms with E-state index in [1.807, 2.05) is 0 Å². The number of piperidine rings is 2. The molecule has 0 aromatic heterocycles. The second kappa shape index (κ2) is 10.5. The summed E-state index contributed by atoms with van der Waals surface area (Å²) >= 11 is 0. The van der Waals surface area contributed by atoms with Gasteiger partial charge in [-0.25, -0.2) is 0 Å². The fourth-order valence-electron chi connectivity index (χ4n) is 3.54. The highest BCUT2D eigenvalue weighted by Gasteiger charge is 2.18. The van der Waals surface area contributed by atoms with Crippen LogP contribution in [0.5, 0.6) is 0 Å². The number of nitrogens with one attached hydrogen (secondary N) is 3. The van der Waals surface area contributed by atoms with E-state index in [1.165, 1.54) is 71.1 Å². The van der Waals surface area contributed by atoms with E-state index in [1.54, 1.807) is 0 Å². The molecule has 2 aliphatic rings. The molecule has 4 heteroatoms. The van der Waals surface area contributed by atoms with E-state index < -0.39 is 0 Å². The summed E-state index contributed by atoms with van der Waals surface area (Å²) in [6.07, 6.45) is 9.54. The van der Waals surface area contributed by atoms with Crippen molar-refractivity contribution in [3.63, 3.8) is 0 Å². The maximum Gasteiger partial charge on any atom is 0.0218 e. The predicted octanol–water partition coefficient (Wildman–Crippen LogP) is 1.57. The first-order valence-electron chi connectivity index (χ1n) is 9.26. The van der Waals surface area contributed by atoms with Crippen molar-refractivity contribution in [2.75, 3.05) is 45.8 Å². The number of likely N-dealkylation sites (tertiary alicyclic amines) is 1. The van der Waals surface area contributed by atoms with E-state index in [9.17, 15) is 0 Å². The van der Waals surface area contributed by atoms with E-state index in [4.69, 9.17) is 0 Å². The Morgan fingerprint density at radius 2 is 1.90 bits per heavy atom. The lowest BCUT2D eigenvalue weighted by molar-refractivity contribution is 0.229. The molecule has 0 aromatic carbocycles. The van der Waals surface area contributed by atoms with Gasteiger partial charge in [-0.2, -0.15) is 0 Å². The van der Waals surface area contributed by atoms with E-state index in [0.717, 1.165) is 19.6 Å². The zero-order valence-electron chi connectivity index (χ0n) is 14.0. The van der Waals surface area contributed by atoms with Crippen LogP contribution in [-0.2, 0) is 0 Å². The van der Waals surface area contributed by atoms with Crippen LogP contribution in [0.1, 0.15) is 51.9 Å². The van der Waals surface area contributed by atoms with Gasteiger partial charge in [0, 0.05) is 25.2 Å². The van der Waals surface area contributed by atoms with Crippen molar-refractivity contribution in [1.29, 1.82) is 0 Å². The summed E-state index contributed by atoms with van der Waals surface area (Å²) in [6, 6.07) is 1.30. The molecule has 0 saturated carbocycles. The van der Waals surface area contributed by atoms with Crippen LogP contribution in [0.25, 0.3) is 0 Å². The van der Waals surface area contributed by atoms with Crippen LogP contribution >= 0.6 is 0 Å². The smallest absolute Gasteiger partial charge is 0.0218 e. The minimum atomic E-state index is 0.610. The largest absolute Gasteiger partial charge is 0.315 e. The van der Waals surface area contributed by atoms with Gasteiger partial charge in [0.1, 0.15) is 0 Å². The quantitative estimate of drug-likeness (QED) is 0.565. The number of nitrogens with zero attached hydrogens (tertiary/aromatic N) is 1. The summed E-state index contributed by atoms with van der Waals surface area (Å²) in [5.74, 6) is 0. The lowest BCUT2D eigenvalue weighted by atomic mass is 9.99. The number of rotatable bonds is 9. The van der Waals surface area contributed by atoms with Crippen molar-refractivity contribution in [1.82, 2.24) is 20.9 Å². The molecule has 0 spiro atoms. The maximum absolute atomic E-state index is 3.68. The normalized spacial score (nSPS) is 25.9. The monoisotopic (exact) mass is 296 g/mol. The van der Waals surface area contributed by atoms with Gasteiger partial charge in [0.05, 0.1) is 0 Å². The van der Waals surface area contributed by atoms with Crippen LogP contribution < -0.4 is 16.0 Å². The van der Waals surface area contributed by atoms with E-state index in [0.29, 0.717) is 12.1 Å². The Bertz CT molecular complexity index is 247. The molecule has 0 bridgehead atoms. The summed E-state index contributed by atoms with van der Waals surface area (Å²) in [6.45, 7) is 10.8. The second-order valence-electron chi connectivity index (χ2n) is 6.81. The van der Waals surface area contributed by atoms with Crippen LogP contribution in [-0.4, -0.2) is 62.8 Å². The summed E-state index contributed by atoms with van der Waals surface area (Å²) in [5.41, 5.74) is 0. The summed E-state index contributed by atoms with van der Waals surface area (Å²) in [5, 5.41) is 10.9. The van der Waals surface area contributed by atoms with Gasteiger partial charge >= 0.3 is 0 Å². The van der Waals surface area contributed by atoms with Crippen LogP contribution in [0, 0.1) is 0 Å². The molecule has 0 radical (unpaired) electrons. The fraction of sp³-hybridized carbons (Fsp3) is 1.00. The first-order valence-corrected chi connectivity index (χ1v) is 9.26. The molecule has 21 heavy (non-hydrogen) atoms. The Kier molecular flexibility index (Phi) is 8.64. The highest BCUT2D eigenvalue weighted by atomic mass is 15.1. The van der Waals surface area contributed by atoms with E-state index >= 15 is 0 Å². The third-order valence-corrected chi connectivity index (χ3v) is 5.00. The number of hydrogen-bond donors (Lipinski definition) is 3. The summed E-state index contributed by atoms with van der Waals surface area (Å²) < 4.78 is 0. The molecular formula is C17H36N4. The minimum absolute atomic E-state index is 0.610. The zero-order valence-corrected chi connectivity index (χ0v) is 14.0. The van der Waals surface area contributed by atoms with Gasteiger partial charge < -0.3 is 20.9 Å². The highest BCUT2D eigenvalue weighted by molar-refractivity contribution is 4.81. The first-order chi connectivity index (χ1) is 10.4. The lowest BCUT2D eigenvalue weighted by Crippen LogP contribution is -2.48.